The highest BCUT2D eigenvalue weighted by Gasteiger charge is 2.23. The van der Waals surface area contributed by atoms with Crippen LogP contribution >= 0.6 is 11.6 Å². The molecule has 1 aromatic heterocycles. The van der Waals surface area contributed by atoms with Crippen molar-refractivity contribution in [3.63, 3.8) is 0 Å². The van der Waals surface area contributed by atoms with Gasteiger partial charge in [-0.15, -0.1) is 0 Å². The lowest BCUT2D eigenvalue weighted by Crippen LogP contribution is -2.26. The highest BCUT2D eigenvalue weighted by Crippen LogP contribution is 2.18. The molecule has 5 nitrogen and oxygen atoms in total. The minimum atomic E-state index is -3.60. The Hall–Kier alpha value is -1.37. The zero-order valence-electron chi connectivity index (χ0n) is 11.2. The molecule has 2 rings (SSSR count). The molecule has 0 aliphatic rings. The molecule has 2 aromatic rings. The van der Waals surface area contributed by atoms with E-state index in [9.17, 15) is 8.42 Å². The fourth-order valence-electron chi connectivity index (χ4n) is 1.95. The molecule has 108 valence electrons. The van der Waals surface area contributed by atoms with E-state index >= 15 is 0 Å². The zero-order valence-corrected chi connectivity index (χ0v) is 12.8. The Kier molecular flexibility index (Phi) is 4.47. The van der Waals surface area contributed by atoms with Gasteiger partial charge in [-0.1, -0.05) is 28.9 Å². The van der Waals surface area contributed by atoms with Crippen molar-refractivity contribution >= 4 is 21.6 Å². The van der Waals surface area contributed by atoms with E-state index in [1.54, 1.807) is 19.9 Å². The summed E-state index contributed by atoms with van der Waals surface area (Å²) in [5, 5.41) is 4.28. The van der Waals surface area contributed by atoms with Crippen molar-refractivity contribution in [1.82, 2.24) is 9.88 Å². The third-order valence-electron chi connectivity index (χ3n) is 2.83. The van der Waals surface area contributed by atoms with Crippen molar-refractivity contribution < 1.29 is 12.9 Å². The number of sulfonamides is 1. The first kappa shape index (κ1) is 15.0. The number of hydrogen-bond acceptors (Lipinski definition) is 4. The second kappa shape index (κ2) is 5.95. The van der Waals surface area contributed by atoms with Crippen LogP contribution in [0.15, 0.2) is 33.7 Å². The largest absolute Gasteiger partial charge is 0.360 e. The van der Waals surface area contributed by atoms with Crippen molar-refractivity contribution in [1.29, 1.82) is 0 Å². The molecule has 1 heterocycles. The number of rotatable bonds is 5. The van der Waals surface area contributed by atoms with Crippen LogP contribution in [-0.2, 0) is 16.4 Å². The summed E-state index contributed by atoms with van der Waals surface area (Å²) in [4.78, 5) is 0.114. The number of aromatic nitrogens is 1. The molecule has 1 aromatic carbocycles. The van der Waals surface area contributed by atoms with E-state index in [1.807, 2.05) is 18.2 Å². The quantitative estimate of drug-likeness (QED) is 0.920. The Morgan fingerprint density at radius 2 is 2.10 bits per heavy atom. The van der Waals surface area contributed by atoms with E-state index in [0.717, 1.165) is 5.56 Å². The molecule has 0 radical (unpaired) electrons. The maximum atomic E-state index is 12.2. The van der Waals surface area contributed by atoms with Crippen LogP contribution in [0.5, 0.6) is 0 Å². The fraction of sp³-hybridized carbons (Fsp3) is 0.308. The maximum absolute atomic E-state index is 12.2. The number of benzene rings is 1. The van der Waals surface area contributed by atoms with Crippen LogP contribution in [0.3, 0.4) is 0 Å². The average molecular weight is 315 g/mol. The van der Waals surface area contributed by atoms with Gasteiger partial charge in [-0.3, -0.25) is 0 Å². The monoisotopic (exact) mass is 314 g/mol. The number of halogens is 1. The van der Waals surface area contributed by atoms with Gasteiger partial charge in [0.2, 0.25) is 10.0 Å². The lowest BCUT2D eigenvalue weighted by molar-refractivity contribution is 0.390. The Labute approximate surface area is 123 Å². The maximum Gasteiger partial charge on any atom is 0.245 e. The molecule has 0 spiro atoms. The van der Waals surface area contributed by atoms with E-state index in [1.165, 1.54) is 0 Å². The Morgan fingerprint density at radius 1 is 1.35 bits per heavy atom. The first-order valence-corrected chi connectivity index (χ1v) is 7.93. The van der Waals surface area contributed by atoms with Gasteiger partial charge in [-0.25, -0.2) is 13.1 Å². The molecule has 0 unspecified atom stereocenters. The molecule has 0 aliphatic heterocycles. The Bertz CT molecular complexity index is 691. The van der Waals surface area contributed by atoms with Crippen LogP contribution in [0.1, 0.15) is 17.0 Å². The summed E-state index contributed by atoms with van der Waals surface area (Å²) in [5.74, 6) is 0.290. The van der Waals surface area contributed by atoms with Gasteiger partial charge in [-0.05, 0) is 38.0 Å². The van der Waals surface area contributed by atoms with E-state index < -0.39 is 10.0 Å². The number of aryl methyl sites for hydroxylation is 2. The topological polar surface area (TPSA) is 72.2 Å². The molecule has 0 aliphatic carbocycles. The zero-order chi connectivity index (χ0) is 14.8. The predicted molar refractivity (Wildman–Crippen MR) is 76.3 cm³/mol. The Morgan fingerprint density at radius 3 is 2.70 bits per heavy atom. The van der Waals surface area contributed by atoms with Crippen LogP contribution in [-0.4, -0.2) is 20.1 Å². The van der Waals surface area contributed by atoms with Crippen LogP contribution in [0.2, 0.25) is 5.02 Å². The summed E-state index contributed by atoms with van der Waals surface area (Å²) in [7, 11) is -3.60. The molecule has 0 saturated heterocycles. The minimum Gasteiger partial charge on any atom is -0.360 e. The SMILES string of the molecule is Cc1noc(C)c1S(=O)(=O)NCCc1cccc(Cl)c1. The van der Waals surface area contributed by atoms with Crippen molar-refractivity contribution in [2.24, 2.45) is 0 Å². The van der Waals surface area contributed by atoms with Gasteiger partial charge in [0.05, 0.1) is 0 Å². The third-order valence-corrected chi connectivity index (χ3v) is 4.77. The molecule has 1 N–H and O–H groups in total. The number of nitrogens with one attached hydrogen (secondary N) is 1. The lowest BCUT2D eigenvalue weighted by atomic mass is 10.2. The summed E-state index contributed by atoms with van der Waals surface area (Å²) in [5.41, 5.74) is 1.33. The first-order valence-electron chi connectivity index (χ1n) is 6.07. The summed E-state index contributed by atoms with van der Waals surface area (Å²) in [6.45, 7) is 3.46. The molecule has 0 fully saturated rings. The average Bonchev–Trinajstić information content (AvgIpc) is 2.69. The number of hydrogen-bond donors (Lipinski definition) is 1. The standard InChI is InChI=1S/C13H15ClN2O3S/c1-9-13(10(2)19-16-9)20(17,18)15-7-6-11-4-3-5-12(14)8-11/h3-5,8,15H,6-7H2,1-2H3. The van der Waals surface area contributed by atoms with Crippen molar-refractivity contribution in [2.45, 2.75) is 25.2 Å². The molecule has 0 bridgehead atoms. The van der Waals surface area contributed by atoms with E-state index in [2.05, 4.69) is 9.88 Å². The van der Waals surface area contributed by atoms with Gasteiger partial charge < -0.3 is 4.52 Å². The number of nitrogens with zero attached hydrogens (tertiary/aromatic N) is 1. The van der Waals surface area contributed by atoms with Gasteiger partial charge in [-0.2, -0.15) is 0 Å². The second-order valence-corrected chi connectivity index (χ2v) is 6.57. The Balaban J connectivity index is 2.04. The fourth-order valence-corrected chi connectivity index (χ4v) is 3.52. The second-order valence-electron chi connectivity index (χ2n) is 4.43. The van der Waals surface area contributed by atoms with Crippen LogP contribution in [0, 0.1) is 13.8 Å². The van der Waals surface area contributed by atoms with Gasteiger partial charge in [0, 0.05) is 11.6 Å². The van der Waals surface area contributed by atoms with Gasteiger partial charge in [0.15, 0.2) is 5.76 Å². The van der Waals surface area contributed by atoms with E-state index in [4.69, 9.17) is 16.1 Å². The molecule has 0 saturated carbocycles. The van der Waals surface area contributed by atoms with Crippen molar-refractivity contribution in [3.8, 4) is 0 Å². The highest BCUT2D eigenvalue weighted by molar-refractivity contribution is 7.89. The van der Waals surface area contributed by atoms with Crippen LogP contribution in [0.25, 0.3) is 0 Å². The van der Waals surface area contributed by atoms with Gasteiger partial charge in [0.25, 0.3) is 0 Å². The normalized spacial score (nSPS) is 11.8. The molecular formula is C13H15ClN2O3S. The van der Waals surface area contributed by atoms with Crippen LogP contribution in [0.4, 0.5) is 0 Å². The molecular weight excluding hydrogens is 300 g/mol. The third kappa shape index (κ3) is 3.39. The van der Waals surface area contributed by atoms with E-state index in [0.29, 0.717) is 17.1 Å². The highest BCUT2D eigenvalue weighted by atomic mass is 35.5. The molecule has 20 heavy (non-hydrogen) atoms. The minimum absolute atomic E-state index is 0.114. The summed E-state index contributed by atoms with van der Waals surface area (Å²) in [6, 6.07) is 7.32. The predicted octanol–water partition coefficient (Wildman–Crippen LogP) is 2.47. The lowest BCUT2D eigenvalue weighted by Gasteiger charge is -2.06. The summed E-state index contributed by atoms with van der Waals surface area (Å²) in [6.07, 6.45) is 0.559. The smallest absolute Gasteiger partial charge is 0.245 e. The van der Waals surface area contributed by atoms with Gasteiger partial charge >= 0.3 is 0 Å². The summed E-state index contributed by atoms with van der Waals surface area (Å²) < 4.78 is 31.7. The van der Waals surface area contributed by atoms with E-state index in [-0.39, 0.29) is 17.2 Å². The van der Waals surface area contributed by atoms with Crippen LogP contribution < -0.4 is 4.72 Å². The molecule has 7 heteroatoms. The first-order chi connectivity index (χ1) is 9.40. The molecule has 0 atom stereocenters. The molecule has 0 amide bonds. The van der Waals surface area contributed by atoms with Crippen molar-refractivity contribution in [2.75, 3.05) is 6.54 Å². The van der Waals surface area contributed by atoms with Crippen molar-refractivity contribution in [3.05, 3.63) is 46.3 Å². The van der Waals surface area contributed by atoms with Gasteiger partial charge in [0.1, 0.15) is 10.6 Å². The summed E-state index contributed by atoms with van der Waals surface area (Å²) >= 11 is 5.88.